The van der Waals surface area contributed by atoms with Crippen LogP contribution in [0.1, 0.15) is 0 Å². The Morgan fingerprint density at radius 2 is 1.00 bits per heavy atom. The highest BCUT2D eigenvalue weighted by molar-refractivity contribution is 7.46. The molecule has 2 saturated heterocycles. The second kappa shape index (κ2) is 1.97. The van der Waals surface area contributed by atoms with Crippen LogP contribution in [-0.4, -0.2) is 42.8 Å². The smallest absolute Gasteiger partial charge is 0.0711 e. The van der Waals surface area contributed by atoms with Gasteiger partial charge in [-0.2, -0.15) is 0 Å². The molecule has 34 valence electrons. The molecule has 0 aromatic heterocycles. The van der Waals surface area contributed by atoms with Crippen molar-refractivity contribution in [1.29, 1.82) is 0 Å². The third-order valence-electron chi connectivity index (χ3n) is 2.97. The van der Waals surface area contributed by atoms with Crippen molar-refractivity contribution < 1.29 is 0 Å². The molecule has 0 unspecified atom stereocenters. The highest BCUT2D eigenvalue weighted by Gasteiger charge is 2.34. The summed E-state index contributed by atoms with van der Waals surface area (Å²) in [4.78, 5) is 0. The predicted octanol–water partition coefficient (Wildman–Crippen LogP) is -3.22. The van der Waals surface area contributed by atoms with Crippen molar-refractivity contribution in [3.05, 3.63) is 0 Å². The Morgan fingerprint density at radius 1 is 0.625 bits per heavy atom. The Labute approximate surface area is 54.9 Å². The third kappa shape index (κ3) is 0.691. The standard InChI is InChI=1S/C2H8B6/c3-1-2(5-7-3)6-8-4-1/h1-8H. The largest absolute Gasteiger partial charge is 0.115 e. The van der Waals surface area contributed by atoms with Gasteiger partial charge in [-0.05, 0) is 0 Å². The van der Waals surface area contributed by atoms with Crippen molar-refractivity contribution in [1.82, 2.24) is 0 Å². The van der Waals surface area contributed by atoms with Crippen molar-refractivity contribution in [3.63, 3.8) is 0 Å². The highest BCUT2D eigenvalue weighted by Crippen LogP contribution is 2.27. The molecule has 0 aliphatic carbocycles. The summed E-state index contributed by atoms with van der Waals surface area (Å²) in [6.07, 6.45) is 0. The first-order valence-electron chi connectivity index (χ1n) is 3.97. The summed E-state index contributed by atoms with van der Waals surface area (Å²) in [5.74, 6) is 0. The summed E-state index contributed by atoms with van der Waals surface area (Å²) in [6, 6.07) is 0. The first-order valence-corrected chi connectivity index (χ1v) is 3.97. The predicted molar refractivity (Wildman–Crippen MR) is 50.4 cm³/mol. The Hall–Kier alpha value is 0.390. The van der Waals surface area contributed by atoms with E-state index in [-0.39, 0.29) is 0 Å². The van der Waals surface area contributed by atoms with Crippen LogP contribution in [0.2, 0.25) is 11.4 Å². The van der Waals surface area contributed by atoms with Crippen molar-refractivity contribution in [3.8, 4) is 0 Å². The first-order chi connectivity index (χ1) is 3.97. The first kappa shape index (κ1) is 5.20. The quantitative estimate of drug-likeness (QED) is 0.279. The molecule has 2 fully saturated rings. The van der Waals surface area contributed by atoms with Crippen LogP contribution in [0.5, 0.6) is 0 Å². The second-order valence-corrected chi connectivity index (χ2v) is 3.38. The summed E-state index contributed by atoms with van der Waals surface area (Å²) in [6.45, 7) is 0. The van der Waals surface area contributed by atoms with Crippen LogP contribution in [0.15, 0.2) is 0 Å². The van der Waals surface area contributed by atoms with E-state index in [9.17, 15) is 0 Å². The van der Waals surface area contributed by atoms with Crippen molar-refractivity contribution in [2.75, 3.05) is 0 Å². The van der Waals surface area contributed by atoms with Gasteiger partial charge in [0.05, 0.1) is 42.8 Å². The molecule has 0 aromatic rings. The van der Waals surface area contributed by atoms with E-state index in [1.807, 2.05) is 0 Å². The molecule has 0 amide bonds. The molecule has 2 aliphatic heterocycles. The van der Waals surface area contributed by atoms with Gasteiger partial charge in [0.15, 0.2) is 0 Å². The molecule has 0 N–H and O–H groups in total. The van der Waals surface area contributed by atoms with Crippen LogP contribution in [0.25, 0.3) is 0 Å². The van der Waals surface area contributed by atoms with Crippen LogP contribution >= 0.6 is 0 Å². The average Bonchev–Trinajstić information content (AvgIpc) is 2.15. The zero-order valence-electron chi connectivity index (χ0n) is 5.40. The summed E-state index contributed by atoms with van der Waals surface area (Å²) in [5, 5.41) is 0. The molecule has 0 radical (unpaired) electrons. The van der Waals surface area contributed by atoms with Gasteiger partial charge in [0.1, 0.15) is 0 Å². The van der Waals surface area contributed by atoms with E-state index in [0.29, 0.717) is 0 Å². The monoisotopic (exact) mass is 98.1 g/mol. The lowest BCUT2D eigenvalue weighted by atomic mass is 9.12. The van der Waals surface area contributed by atoms with Crippen LogP contribution in [0.3, 0.4) is 0 Å². The topological polar surface area (TPSA) is 0 Å². The van der Waals surface area contributed by atoms with Crippen molar-refractivity contribution in [2.45, 2.75) is 11.4 Å². The number of rotatable bonds is 0. The highest BCUT2D eigenvalue weighted by atomic mass is 13.9. The fourth-order valence-corrected chi connectivity index (χ4v) is 2.52. The summed E-state index contributed by atoms with van der Waals surface area (Å²) < 4.78 is 0. The van der Waals surface area contributed by atoms with Crippen LogP contribution in [0, 0.1) is 0 Å². The molecular weight excluding hydrogens is 88.9 g/mol. The van der Waals surface area contributed by atoms with Gasteiger partial charge >= 0.3 is 0 Å². The minimum atomic E-state index is 1.18. The molecular formula is C2H8B6. The van der Waals surface area contributed by atoms with Gasteiger partial charge in [-0.1, -0.05) is 0 Å². The number of hydrogen-bond donors (Lipinski definition) is 0. The fraction of sp³-hybridized carbons (Fsp3) is 1.00. The van der Waals surface area contributed by atoms with E-state index in [1.54, 1.807) is 28.7 Å². The SMILES string of the molecule is B1BC2BBBC2B1. The molecule has 0 bridgehead atoms. The van der Waals surface area contributed by atoms with Gasteiger partial charge in [-0.25, -0.2) is 0 Å². The lowest BCUT2D eigenvalue weighted by Gasteiger charge is -2.05. The Kier molecular flexibility index (Phi) is 1.28. The molecule has 0 nitrogen and oxygen atoms in total. The Bertz CT molecular complexity index is 72.5. The Balaban J connectivity index is 2.04. The van der Waals surface area contributed by atoms with Gasteiger partial charge in [0, 0.05) is 0 Å². The van der Waals surface area contributed by atoms with Gasteiger partial charge < -0.3 is 0 Å². The fourth-order valence-electron chi connectivity index (χ4n) is 2.52. The molecule has 0 spiro atoms. The van der Waals surface area contributed by atoms with E-state index >= 15 is 0 Å². The minimum absolute atomic E-state index is 1.18. The van der Waals surface area contributed by atoms with Crippen LogP contribution in [0.4, 0.5) is 0 Å². The van der Waals surface area contributed by atoms with E-state index in [4.69, 9.17) is 0 Å². The third-order valence-corrected chi connectivity index (χ3v) is 2.97. The number of fused-ring (bicyclic) bond motifs is 1. The summed E-state index contributed by atoms with van der Waals surface area (Å²) in [5.41, 5.74) is 2.35. The summed E-state index contributed by atoms with van der Waals surface area (Å²) in [7, 11) is 9.31. The van der Waals surface area contributed by atoms with Gasteiger partial charge in [0.2, 0.25) is 0 Å². The minimum Gasteiger partial charge on any atom is -0.115 e. The maximum absolute atomic E-state index is 1.56. The van der Waals surface area contributed by atoms with Crippen molar-refractivity contribution >= 4 is 42.8 Å². The van der Waals surface area contributed by atoms with Gasteiger partial charge in [0.25, 0.3) is 0 Å². The average molecular weight is 97.0 g/mol. The zero-order valence-corrected chi connectivity index (χ0v) is 5.40. The van der Waals surface area contributed by atoms with E-state index < -0.39 is 0 Å². The number of hydrogen-bond acceptors (Lipinski definition) is 0. The molecule has 0 atom stereocenters. The lowest BCUT2D eigenvalue weighted by molar-refractivity contribution is 1.25. The molecule has 2 heterocycles. The molecule has 8 heavy (non-hydrogen) atoms. The van der Waals surface area contributed by atoms with Crippen molar-refractivity contribution in [2.24, 2.45) is 0 Å². The maximum atomic E-state index is 1.56. The second-order valence-electron chi connectivity index (χ2n) is 3.38. The zero-order chi connectivity index (χ0) is 5.40. The van der Waals surface area contributed by atoms with Gasteiger partial charge in [-0.15, -0.1) is 11.4 Å². The molecule has 6 heteroatoms. The van der Waals surface area contributed by atoms with E-state index in [2.05, 4.69) is 0 Å². The van der Waals surface area contributed by atoms with Crippen LogP contribution < -0.4 is 0 Å². The van der Waals surface area contributed by atoms with Gasteiger partial charge in [-0.3, -0.25) is 0 Å². The molecule has 2 rings (SSSR count). The van der Waals surface area contributed by atoms with E-state index in [1.165, 1.54) is 25.6 Å². The normalized spacial score (nSPS) is 39.0. The maximum Gasteiger partial charge on any atom is 0.0711 e. The lowest BCUT2D eigenvalue weighted by Crippen LogP contribution is -2.12. The molecule has 2 aliphatic rings. The molecule has 0 aromatic carbocycles. The molecule has 0 saturated carbocycles. The summed E-state index contributed by atoms with van der Waals surface area (Å²) >= 11 is 0. The van der Waals surface area contributed by atoms with E-state index in [0.717, 1.165) is 0 Å². The Morgan fingerprint density at radius 3 is 1.38 bits per heavy atom. The van der Waals surface area contributed by atoms with Crippen LogP contribution in [-0.2, 0) is 0 Å².